The Labute approximate surface area is 146 Å². The number of hydrogen-bond acceptors (Lipinski definition) is 4. The van der Waals surface area contributed by atoms with E-state index in [0.717, 1.165) is 24.0 Å². The van der Waals surface area contributed by atoms with E-state index in [1.54, 1.807) is 12.1 Å². The lowest BCUT2D eigenvalue weighted by molar-refractivity contribution is 0.596. The molecule has 0 amide bonds. The predicted octanol–water partition coefficient (Wildman–Crippen LogP) is 2.26. The second kappa shape index (κ2) is 5.99. The summed E-state index contributed by atoms with van der Waals surface area (Å²) in [5.74, 6) is -0.505. The molecule has 134 valence electrons. The van der Waals surface area contributed by atoms with Crippen molar-refractivity contribution in [3.05, 3.63) is 53.3 Å². The normalized spacial score (nSPS) is 14.4. The number of sulfonamides is 2. The highest BCUT2D eigenvalue weighted by Crippen LogP contribution is 2.32. The van der Waals surface area contributed by atoms with Crippen LogP contribution in [0.3, 0.4) is 0 Å². The molecule has 1 aliphatic heterocycles. The largest absolute Gasteiger partial charge is 0.280 e. The lowest BCUT2D eigenvalue weighted by Gasteiger charge is -2.17. The van der Waals surface area contributed by atoms with Gasteiger partial charge in [0.15, 0.2) is 0 Å². The zero-order chi connectivity index (χ0) is 18.4. The number of hydrogen-bond donors (Lipinski definition) is 1. The molecule has 2 aromatic rings. The summed E-state index contributed by atoms with van der Waals surface area (Å²) in [5, 5.41) is 0. The molecule has 0 atom stereocenters. The lowest BCUT2D eigenvalue weighted by Crippen LogP contribution is -2.27. The van der Waals surface area contributed by atoms with Gasteiger partial charge in [0, 0.05) is 12.2 Å². The average molecular weight is 384 g/mol. The van der Waals surface area contributed by atoms with Gasteiger partial charge in [-0.2, -0.15) is 0 Å². The Hall–Kier alpha value is -2.13. The molecular weight excluding hydrogens is 367 g/mol. The molecule has 0 saturated carbocycles. The summed E-state index contributed by atoms with van der Waals surface area (Å²) in [6.07, 6.45) is 1.64. The van der Waals surface area contributed by atoms with E-state index in [4.69, 9.17) is 0 Å². The van der Waals surface area contributed by atoms with Gasteiger partial charge in [0.05, 0.1) is 16.8 Å². The number of nitrogens with zero attached hydrogens (tertiary/aromatic N) is 1. The van der Waals surface area contributed by atoms with Crippen LogP contribution in [0.15, 0.2) is 41.3 Å². The molecule has 0 saturated heterocycles. The van der Waals surface area contributed by atoms with Crippen LogP contribution in [0.4, 0.5) is 15.8 Å². The number of aryl methyl sites for hydroxylation is 1. The van der Waals surface area contributed by atoms with Gasteiger partial charge in [-0.25, -0.2) is 21.2 Å². The molecule has 9 heteroatoms. The monoisotopic (exact) mass is 384 g/mol. The Bertz CT molecular complexity index is 1050. The van der Waals surface area contributed by atoms with E-state index < -0.39 is 25.9 Å². The van der Waals surface area contributed by atoms with E-state index in [1.807, 2.05) is 0 Å². The molecule has 0 radical (unpaired) electrons. The van der Waals surface area contributed by atoms with Gasteiger partial charge in [0.2, 0.25) is 10.0 Å². The molecule has 25 heavy (non-hydrogen) atoms. The third-order valence-electron chi connectivity index (χ3n) is 4.01. The second-order valence-corrected chi connectivity index (χ2v) is 9.50. The van der Waals surface area contributed by atoms with Crippen molar-refractivity contribution in [3.63, 3.8) is 0 Å². The fourth-order valence-electron chi connectivity index (χ4n) is 2.90. The molecular formula is C16H17FN2O4S2. The second-order valence-electron chi connectivity index (χ2n) is 5.94. The predicted molar refractivity (Wildman–Crippen MR) is 94.3 cm³/mol. The van der Waals surface area contributed by atoms with Crippen LogP contribution < -0.4 is 9.03 Å². The SMILES string of the molecule is Cc1cc(F)ccc1S(=O)(=O)Nc1ccc2c(c1)CCN2S(C)(=O)=O. The van der Waals surface area contributed by atoms with Crippen molar-refractivity contribution in [1.29, 1.82) is 0 Å². The first kappa shape index (κ1) is 17.7. The summed E-state index contributed by atoms with van der Waals surface area (Å²) in [7, 11) is -7.23. The molecule has 0 spiro atoms. The van der Waals surface area contributed by atoms with Crippen LogP contribution in [0.2, 0.25) is 0 Å². The number of anilines is 2. The zero-order valence-corrected chi connectivity index (χ0v) is 15.3. The van der Waals surface area contributed by atoms with E-state index >= 15 is 0 Å². The maximum absolute atomic E-state index is 13.2. The number of benzene rings is 2. The zero-order valence-electron chi connectivity index (χ0n) is 13.7. The summed E-state index contributed by atoms with van der Waals surface area (Å²) >= 11 is 0. The Morgan fingerprint density at radius 3 is 2.44 bits per heavy atom. The highest BCUT2D eigenvalue weighted by atomic mass is 32.2. The Balaban J connectivity index is 1.92. The molecule has 0 aliphatic carbocycles. The van der Waals surface area contributed by atoms with Crippen LogP contribution in [0.1, 0.15) is 11.1 Å². The fourth-order valence-corrected chi connectivity index (χ4v) is 5.14. The van der Waals surface area contributed by atoms with Crippen molar-refractivity contribution in [1.82, 2.24) is 0 Å². The lowest BCUT2D eigenvalue weighted by atomic mass is 10.1. The quantitative estimate of drug-likeness (QED) is 0.876. The smallest absolute Gasteiger partial charge is 0.262 e. The van der Waals surface area contributed by atoms with Crippen molar-refractivity contribution in [2.75, 3.05) is 21.8 Å². The van der Waals surface area contributed by atoms with E-state index in [9.17, 15) is 21.2 Å². The summed E-state index contributed by atoms with van der Waals surface area (Å²) in [5.41, 5.74) is 1.94. The minimum absolute atomic E-state index is 0.00726. The third kappa shape index (κ3) is 3.47. The van der Waals surface area contributed by atoms with Gasteiger partial charge in [0.25, 0.3) is 10.0 Å². The van der Waals surface area contributed by atoms with Crippen molar-refractivity contribution in [3.8, 4) is 0 Å². The first-order valence-corrected chi connectivity index (χ1v) is 10.8. The molecule has 0 bridgehead atoms. The highest BCUT2D eigenvalue weighted by molar-refractivity contribution is 7.92. The minimum atomic E-state index is -3.87. The minimum Gasteiger partial charge on any atom is -0.280 e. The summed E-state index contributed by atoms with van der Waals surface area (Å²) in [6, 6.07) is 8.18. The molecule has 1 aliphatic rings. The van der Waals surface area contributed by atoms with Gasteiger partial charge in [-0.1, -0.05) is 0 Å². The maximum atomic E-state index is 13.2. The van der Waals surface area contributed by atoms with Gasteiger partial charge in [-0.15, -0.1) is 0 Å². The fraction of sp³-hybridized carbons (Fsp3) is 0.250. The van der Waals surface area contributed by atoms with Gasteiger partial charge in [-0.3, -0.25) is 9.03 Å². The third-order valence-corrected chi connectivity index (χ3v) is 6.73. The molecule has 1 heterocycles. The van der Waals surface area contributed by atoms with E-state index in [0.29, 0.717) is 29.9 Å². The first-order valence-electron chi connectivity index (χ1n) is 7.47. The van der Waals surface area contributed by atoms with Crippen LogP contribution in [-0.2, 0) is 26.5 Å². The number of rotatable bonds is 4. The number of halogens is 1. The van der Waals surface area contributed by atoms with E-state index in [-0.39, 0.29) is 4.90 Å². The number of nitrogens with one attached hydrogen (secondary N) is 1. The molecule has 6 nitrogen and oxygen atoms in total. The molecule has 0 aromatic heterocycles. The van der Waals surface area contributed by atoms with Crippen molar-refractivity contribution in [2.45, 2.75) is 18.2 Å². The standard InChI is InChI=1S/C16H17FN2O4S2/c1-11-9-13(17)3-6-16(11)25(22,23)18-14-4-5-15-12(10-14)7-8-19(15)24(2,20)21/h3-6,9-10,18H,7-8H2,1-2H3. The average Bonchev–Trinajstić information content (AvgIpc) is 2.89. The van der Waals surface area contributed by atoms with Crippen LogP contribution in [-0.4, -0.2) is 29.6 Å². The van der Waals surface area contributed by atoms with Crippen LogP contribution in [0, 0.1) is 12.7 Å². The van der Waals surface area contributed by atoms with Crippen molar-refractivity contribution >= 4 is 31.4 Å². The van der Waals surface area contributed by atoms with Crippen LogP contribution in [0.25, 0.3) is 0 Å². The molecule has 1 N–H and O–H groups in total. The summed E-state index contributed by atoms with van der Waals surface area (Å²) < 4.78 is 65.5. The Morgan fingerprint density at radius 1 is 1.08 bits per heavy atom. The Morgan fingerprint density at radius 2 is 1.80 bits per heavy atom. The molecule has 0 fully saturated rings. The van der Waals surface area contributed by atoms with Crippen LogP contribution in [0.5, 0.6) is 0 Å². The molecule has 0 unspecified atom stereocenters. The summed E-state index contributed by atoms with van der Waals surface area (Å²) in [4.78, 5) is -0.00726. The van der Waals surface area contributed by atoms with E-state index in [1.165, 1.54) is 23.4 Å². The molecule has 3 rings (SSSR count). The van der Waals surface area contributed by atoms with Gasteiger partial charge in [-0.05, 0) is 60.9 Å². The maximum Gasteiger partial charge on any atom is 0.262 e. The van der Waals surface area contributed by atoms with Gasteiger partial charge < -0.3 is 0 Å². The summed E-state index contributed by atoms with van der Waals surface area (Å²) in [6.45, 7) is 1.85. The highest BCUT2D eigenvalue weighted by Gasteiger charge is 2.27. The Kier molecular flexibility index (Phi) is 4.24. The van der Waals surface area contributed by atoms with Crippen molar-refractivity contribution < 1.29 is 21.2 Å². The van der Waals surface area contributed by atoms with Gasteiger partial charge in [0.1, 0.15) is 5.82 Å². The molecule has 2 aromatic carbocycles. The topological polar surface area (TPSA) is 83.6 Å². The first-order chi connectivity index (χ1) is 11.6. The van der Waals surface area contributed by atoms with E-state index in [2.05, 4.69) is 4.72 Å². The van der Waals surface area contributed by atoms with Crippen molar-refractivity contribution in [2.24, 2.45) is 0 Å². The number of fused-ring (bicyclic) bond motifs is 1. The van der Waals surface area contributed by atoms with Crippen LogP contribution >= 0.6 is 0 Å². The van der Waals surface area contributed by atoms with Gasteiger partial charge >= 0.3 is 0 Å².